The molecule has 2 aromatic heterocycles. The average molecular weight is 273 g/mol. The maximum atomic E-state index is 11.9. The van der Waals surface area contributed by atoms with Crippen molar-refractivity contribution in [2.75, 3.05) is 0 Å². The zero-order valence-corrected chi connectivity index (χ0v) is 10.3. The molecule has 0 radical (unpaired) electrons. The van der Waals surface area contributed by atoms with Gasteiger partial charge in [-0.15, -0.1) is 0 Å². The van der Waals surface area contributed by atoms with Gasteiger partial charge in [0.05, 0.1) is 12.1 Å². The van der Waals surface area contributed by atoms with Gasteiger partial charge in [-0.1, -0.05) is 0 Å². The standard InChI is InChI=1S/C12H11N5O3/c18-11(19)2-1-8-3-9(5-13-4-8)12(20)14-6-10-15-7-16-17-10/h1-5,7H,6H2,(H,14,20)(H,18,19)(H,15,16,17). The molecule has 0 atom stereocenters. The Morgan fingerprint density at radius 2 is 2.25 bits per heavy atom. The maximum absolute atomic E-state index is 11.9. The predicted octanol–water partition coefficient (Wildman–Crippen LogP) is 0.227. The molecule has 2 rings (SSSR count). The van der Waals surface area contributed by atoms with Crippen molar-refractivity contribution in [3.05, 3.63) is 47.8 Å². The number of nitrogens with zero attached hydrogens (tertiary/aromatic N) is 3. The van der Waals surface area contributed by atoms with Gasteiger partial charge in [0.15, 0.2) is 0 Å². The van der Waals surface area contributed by atoms with E-state index in [0.29, 0.717) is 17.0 Å². The molecule has 8 heteroatoms. The number of aromatic nitrogens is 4. The average Bonchev–Trinajstić information content (AvgIpc) is 2.96. The topological polar surface area (TPSA) is 121 Å². The summed E-state index contributed by atoms with van der Waals surface area (Å²) < 4.78 is 0. The van der Waals surface area contributed by atoms with E-state index in [0.717, 1.165) is 6.08 Å². The number of hydrogen-bond acceptors (Lipinski definition) is 5. The Labute approximate surface area is 113 Å². The second-order valence-corrected chi connectivity index (χ2v) is 3.79. The number of pyridine rings is 1. The molecule has 0 aliphatic heterocycles. The van der Waals surface area contributed by atoms with Crippen molar-refractivity contribution in [1.82, 2.24) is 25.5 Å². The normalized spacial score (nSPS) is 10.6. The number of carboxylic acids is 1. The van der Waals surface area contributed by atoms with E-state index in [9.17, 15) is 9.59 Å². The van der Waals surface area contributed by atoms with Gasteiger partial charge in [-0.25, -0.2) is 9.78 Å². The van der Waals surface area contributed by atoms with E-state index in [1.165, 1.54) is 24.8 Å². The number of carbonyl (C=O) groups excluding carboxylic acids is 1. The van der Waals surface area contributed by atoms with Crippen molar-refractivity contribution < 1.29 is 14.7 Å². The number of nitrogens with one attached hydrogen (secondary N) is 2. The van der Waals surface area contributed by atoms with Crippen LogP contribution in [0.5, 0.6) is 0 Å². The van der Waals surface area contributed by atoms with Crippen LogP contribution < -0.4 is 5.32 Å². The van der Waals surface area contributed by atoms with Crippen LogP contribution >= 0.6 is 0 Å². The fourth-order valence-corrected chi connectivity index (χ4v) is 1.42. The highest BCUT2D eigenvalue weighted by Gasteiger charge is 2.07. The quantitative estimate of drug-likeness (QED) is 0.670. The second kappa shape index (κ2) is 6.23. The van der Waals surface area contributed by atoms with Crippen molar-refractivity contribution in [2.24, 2.45) is 0 Å². The Morgan fingerprint density at radius 3 is 2.95 bits per heavy atom. The zero-order chi connectivity index (χ0) is 14.4. The van der Waals surface area contributed by atoms with E-state index in [2.05, 4.69) is 25.5 Å². The number of hydrogen-bond donors (Lipinski definition) is 3. The zero-order valence-electron chi connectivity index (χ0n) is 10.3. The maximum Gasteiger partial charge on any atom is 0.328 e. The number of aromatic amines is 1. The molecule has 0 saturated heterocycles. The summed E-state index contributed by atoms with van der Waals surface area (Å²) in [5.74, 6) is -0.863. The monoisotopic (exact) mass is 273 g/mol. The highest BCUT2D eigenvalue weighted by Crippen LogP contribution is 2.05. The molecule has 0 aliphatic rings. The van der Waals surface area contributed by atoms with Crippen molar-refractivity contribution in [1.29, 1.82) is 0 Å². The minimum atomic E-state index is -1.06. The molecule has 2 aromatic rings. The molecule has 0 aliphatic carbocycles. The molecule has 0 saturated carbocycles. The first-order chi connectivity index (χ1) is 9.65. The number of aliphatic carboxylic acids is 1. The van der Waals surface area contributed by atoms with Gasteiger partial charge in [0.2, 0.25) is 0 Å². The highest BCUT2D eigenvalue weighted by atomic mass is 16.4. The Kier molecular flexibility index (Phi) is 4.17. The Morgan fingerprint density at radius 1 is 1.40 bits per heavy atom. The van der Waals surface area contributed by atoms with Gasteiger partial charge in [0.25, 0.3) is 5.91 Å². The molecular weight excluding hydrogens is 262 g/mol. The fraction of sp³-hybridized carbons (Fsp3) is 0.0833. The molecule has 8 nitrogen and oxygen atoms in total. The van der Waals surface area contributed by atoms with E-state index in [1.807, 2.05) is 0 Å². The van der Waals surface area contributed by atoms with E-state index in [1.54, 1.807) is 6.07 Å². The molecule has 0 unspecified atom stereocenters. The first kappa shape index (κ1) is 13.4. The molecule has 0 aromatic carbocycles. The highest BCUT2D eigenvalue weighted by molar-refractivity contribution is 5.94. The van der Waals surface area contributed by atoms with Crippen molar-refractivity contribution >= 4 is 18.0 Å². The lowest BCUT2D eigenvalue weighted by atomic mass is 10.2. The molecule has 102 valence electrons. The SMILES string of the molecule is O=C(O)C=Cc1cncc(C(=O)NCc2ncn[nH]2)c1. The summed E-state index contributed by atoms with van der Waals surface area (Å²) in [4.78, 5) is 30.1. The van der Waals surface area contributed by atoms with Crippen LogP contribution in [0.25, 0.3) is 6.08 Å². The van der Waals surface area contributed by atoms with Crippen LogP contribution in [0, 0.1) is 0 Å². The van der Waals surface area contributed by atoms with E-state index in [4.69, 9.17) is 5.11 Å². The number of amides is 1. The first-order valence-corrected chi connectivity index (χ1v) is 5.63. The van der Waals surface area contributed by atoms with Crippen molar-refractivity contribution in [3.63, 3.8) is 0 Å². The molecule has 0 fully saturated rings. The van der Waals surface area contributed by atoms with Crippen LogP contribution in [0.3, 0.4) is 0 Å². The smallest absolute Gasteiger partial charge is 0.328 e. The van der Waals surface area contributed by atoms with Crippen LogP contribution in [0.4, 0.5) is 0 Å². The summed E-state index contributed by atoms with van der Waals surface area (Å²) >= 11 is 0. The Balaban J connectivity index is 2.02. The number of carbonyl (C=O) groups is 2. The van der Waals surface area contributed by atoms with Gasteiger partial charge < -0.3 is 10.4 Å². The van der Waals surface area contributed by atoms with Gasteiger partial charge in [-0.05, 0) is 17.7 Å². The van der Waals surface area contributed by atoms with Crippen molar-refractivity contribution in [2.45, 2.75) is 6.54 Å². The first-order valence-electron chi connectivity index (χ1n) is 5.63. The molecule has 2 heterocycles. The lowest BCUT2D eigenvalue weighted by Gasteiger charge is -2.03. The molecule has 1 amide bonds. The molecule has 3 N–H and O–H groups in total. The van der Waals surface area contributed by atoms with Crippen LogP contribution in [0.2, 0.25) is 0 Å². The van der Waals surface area contributed by atoms with Crippen LogP contribution in [-0.4, -0.2) is 37.1 Å². The van der Waals surface area contributed by atoms with Gasteiger partial charge >= 0.3 is 5.97 Å². The van der Waals surface area contributed by atoms with Crippen LogP contribution in [-0.2, 0) is 11.3 Å². The van der Waals surface area contributed by atoms with Gasteiger partial charge in [-0.3, -0.25) is 14.9 Å². The van der Waals surface area contributed by atoms with Gasteiger partial charge in [0, 0.05) is 18.5 Å². The molecule has 20 heavy (non-hydrogen) atoms. The van der Waals surface area contributed by atoms with Crippen molar-refractivity contribution in [3.8, 4) is 0 Å². The summed E-state index contributed by atoms with van der Waals surface area (Å²) in [5, 5.41) is 17.5. The van der Waals surface area contributed by atoms with Gasteiger partial charge in [0.1, 0.15) is 12.2 Å². The molecule has 0 bridgehead atoms. The Bertz CT molecular complexity index is 636. The van der Waals surface area contributed by atoms with Crippen LogP contribution in [0.15, 0.2) is 30.9 Å². The molecular formula is C12H11N5O3. The van der Waals surface area contributed by atoms with E-state index < -0.39 is 5.97 Å². The summed E-state index contributed by atoms with van der Waals surface area (Å²) in [6.45, 7) is 0.216. The third-order valence-corrected chi connectivity index (χ3v) is 2.32. The summed E-state index contributed by atoms with van der Waals surface area (Å²) in [6, 6.07) is 1.54. The third kappa shape index (κ3) is 3.73. The Hall–Kier alpha value is -3.03. The lowest BCUT2D eigenvalue weighted by molar-refractivity contribution is -0.131. The van der Waals surface area contributed by atoms with E-state index >= 15 is 0 Å². The molecule has 0 spiro atoms. The number of H-pyrrole nitrogens is 1. The minimum absolute atomic E-state index is 0.216. The minimum Gasteiger partial charge on any atom is -0.478 e. The predicted molar refractivity (Wildman–Crippen MR) is 68.5 cm³/mol. The summed E-state index contributed by atoms with van der Waals surface area (Å²) in [7, 11) is 0. The lowest BCUT2D eigenvalue weighted by Crippen LogP contribution is -2.23. The number of carboxylic acid groups (broad SMARTS) is 1. The summed E-state index contributed by atoms with van der Waals surface area (Å²) in [6.07, 6.45) is 6.55. The second-order valence-electron chi connectivity index (χ2n) is 3.79. The van der Waals surface area contributed by atoms with Crippen LogP contribution in [0.1, 0.15) is 21.7 Å². The number of rotatable bonds is 5. The fourth-order valence-electron chi connectivity index (χ4n) is 1.42. The largest absolute Gasteiger partial charge is 0.478 e. The van der Waals surface area contributed by atoms with Gasteiger partial charge in [-0.2, -0.15) is 5.10 Å². The van der Waals surface area contributed by atoms with E-state index in [-0.39, 0.29) is 12.5 Å². The summed E-state index contributed by atoms with van der Waals surface area (Å²) in [5.41, 5.74) is 0.858. The third-order valence-electron chi connectivity index (χ3n) is 2.32.